The molecule has 134 valence electrons. The van der Waals surface area contributed by atoms with Crippen LogP contribution >= 0.6 is 0 Å². The van der Waals surface area contributed by atoms with Crippen LogP contribution in [0, 0.1) is 6.92 Å². The number of para-hydroxylation sites is 1. The van der Waals surface area contributed by atoms with E-state index in [1.165, 1.54) is 5.56 Å². The van der Waals surface area contributed by atoms with E-state index >= 15 is 0 Å². The number of carbonyl (C=O) groups excluding carboxylic acids is 1. The van der Waals surface area contributed by atoms with Crippen LogP contribution in [0.15, 0.2) is 84.9 Å². The van der Waals surface area contributed by atoms with E-state index in [1.54, 1.807) is 0 Å². The van der Waals surface area contributed by atoms with Crippen LogP contribution in [0.3, 0.4) is 0 Å². The van der Waals surface area contributed by atoms with Gasteiger partial charge in [0.1, 0.15) is 11.2 Å². The first-order valence-electron chi connectivity index (χ1n) is 9.26. The fourth-order valence-electron chi connectivity index (χ4n) is 3.71. The highest BCUT2D eigenvalue weighted by atomic mass is 16.5. The Morgan fingerprint density at radius 3 is 2.37 bits per heavy atom. The summed E-state index contributed by atoms with van der Waals surface area (Å²) in [7, 11) is 0. The van der Waals surface area contributed by atoms with Gasteiger partial charge in [-0.25, -0.2) is 0 Å². The fourth-order valence-corrected chi connectivity index (χ4v) is 3.71. The predicted molar refractivity (Wildman–Crippen MR) is 109 cm³/mol. The topological polar surface area (TPSA) is 26.3 Å². The molecule has 0 aromatic heterocycles. The zero-order chi connectivity index (χ0) is 18.7. The number of hydrogen-bond acceptors (Lipinski definition) is 2. The van der Waals surface area contributed by atoms with Crippen molar-refractivity contribution in [2.75, 3.05) is 0 Å². The van der Waals surface area contributed by atoms with Gasteiger partial charge in [0.05, 0.1) is 0 Å². The van der Waals surface area contributed by atoms with E-state index in [4.69, 9.17) is 4.74 Å². The zero-order valence-electron chi connectivity index (χ0n) is 15.4. The number of hydrogen-bond donors (Lipinski definition) is 0. The van der Waals surface area contributed by atoms with Gasteiger partial charge >= 0.3 is 5.97 Å². The molecule has 0 radical (unpaired) electrons. The lowest BCUT2D eigenvalue weighted by Crippen LogP contribution is -2.35. The first kappa shape index (κ1) is 17.3. The number of carbonyl (C=O) groups is 1. The lowest BCUT2D eigenvalue weighted by Gasteiger charge is -2.25. The predicted octanol–water partition coefficient (Wildman–Crippen LogP) is 5.50. The molecule has 0 aliphatic carbocycles. The van der Waals surface area contributed by atoms with Crippen LogP contribution in [0.5, 0.6) is 5.75 Å². The maximum atomic E-state index is 13.0. The average Bonchev–Trinajstić information content (AvgIpc) is 2.96. The third kappa shape index (κ3) is 3.43. The highest BCUT2D eigenvalue weighted by molar-refractivity contribution is 5.91. The molecule has 0 fully saturated rings. The first-order chi connectivity index (χ1) is 13.2. The average molecular weight is 354 g/mol. The van der Waals surface area contributed by atoms with Gasteiger partial charge in [0.15, 0.2) is 0 Å². The Balaban J connectivity index is 1.68. The SMILES string of the molecule is Cc1ccc(/C=C/CC2(Cc3ccccc3)C(=O)Oc3ccccc32)cc1. The van der Waals surface area contributed by atoms with Crippen molar-refractivity contribution in [1.29, 1.82) is 0 Å². The van der Waals surface area contributed by atoms with Gasteiger partial charge in [-0.1, -0.05) is 90.5 Å². The minimum absolute atomic E-state index is 0.166. The van der Waals surface area contributed by atoms with E-state index < -0.39 is 5.41 Å². The molecule has 0 N–H and O–H groups in total. The number of aryl methyl sites for hydroxylation is 1. The van der Waals surface area contributed by atoms with Crippen molar-refractivity contribution in [3.8, 4) is 5.75 Å². The molecule has 0 bridgehead atoms. The molecule has 3 aromatic carbocycles. The summed E-state index contributed by atoms with van der Waals surface area (Å²) in [5.41, 5.74) is 3.80. The Morgan fingerprint density at radius 1 is 0.889 bits per heavy atom. The van der Waals surface area contributed by atoms with Crippen LogP contribution in [-0.4, -0.2) is 5.97 Å². The molecular formula is C25H22O2. The highest BCUT2D eigenvalue weighted by Gasteiger charge is 2.48. The van der Waals surface area contributed by atoms with Crippen LogP contribution in [0.1, 0.15) is 28.7 Å². The van der Waals surface area contributed by atoms with Crippen LogP contribution in [-0.2, 0) is 16.6 Å². The highest BCUT2D eigenvalue weighted by Crippen LogP contribution is 2.44. The first-order valence-corrected chi connectivity index (χ1v) is 9.26. The number of ether oxygens (including phenoxy) is 1. The van der Waals surface area contributed by atoms with Crippen molar-refractivity contribution < 1.29 is 9.53 Å². The monoisotopic (exact) mass is 354 g/mol. The van der Waals surface area contributed by atoms with Crippen molar-refractivity contribution >= 4 is 12.0 Å². The third-order valence-electron chi connectivity index (χ3n) is 5.20. The molecule has 0 spiro atoms. The zero-order valence-corrected chi connectivity index (χ0v) is 15.4. The minimum atomic E-state index is -0.681. The Morgan fingerprint density at radius 2 is 1.59 bits per heavy atom. The van der Waals surface area contributed by atoms with E-state index in [0.29, 0.717) is 18.6 Å². The van der Waals surface area contributed by atoms with Gasteiger partial charge in [0.2, 0.25) is 0 Å². The van der Waals surface area contributed by atoms with Gasteiger partial charge in [-0.15, -0.1) is 0 Å². The lowest BCUT2D eigenvalue weighted by molar-refractivity contribution is -0.138. The fraction of sp³-hybridized carbons (Fsp3) is 0.160. The quantitative estimate of drug-likeness (QED) is 0.447. The maximum Gasteiger partial charge on any atom is 0.322 e. The molecule has 1 aliphatic rings. The van der Waals surface area contributed by atoms with Crippen LogP contribution in [0.2, 0.25) is 0 Å². The van der Waals surface area contributed by atoms with Gasteiger partial charge < -0.3 is 4.74 Å². The molecule has 27 heavy (non-hydrogen) atoms. The van der Waals surface area contributed by atoms with Gasteiger partial charge in [-0.05, 0) is 37.0 Å². The van der Waals surface area contributed by atoms with Crippen molar-refractivity contribution in [2.45, 2.75) is 25.2 Å². The standard InChI is InChI=1S/C25H22O2/c1-19-13-15-20(16-14-19)10-7-17-25(18-21-8-3-2-4-9-21)22-11-5-6-12-23(22)27-24(25)26/h2-16H,17-18H2,1H3/b10-7+. The van der Waals surface area contributed by atoms with Crippen LogP contribution in [0.4, 0.5) is 0 Å². The number of fused-ring (bicyclic) bond motifs is 1. The number of esters is 1. The van der Waals surface area contributed by atoms with Crippen molar-refractivity contribution in [3.63, 3.8) is 0 Å². The molecule has 3 aromatic rings. The van der Waals surface area contributed by atoms with Crippen molar-refractivity contribution in [3.05, 3.63) is 107 Å². The second-order valence-electron chi connectivity index (χ2n) is 7.15. The van der Waals surface area contributed by atoms with Gasteiger partial charge in [-0.3, -0.25) is 4.79 Å². The maximum absolute atomic E-state index is 13.0. The lowest BCUT2D eigenvalue weighted by atomic mass is 9.74. The summed E-state index contributed by atoms with van der Waals surface area (Å²) < 4.78 is 5.64. The van der Waals surface area contributed by atoms with E-state index in [0.717, 1.165) is 16.7 Å². The Bertz CT molecular complexity index is 971. The minimum Gasteiger partial charge on any atom is -0.426 e. The largest absolute Gasteiger partial charge is 0.426 e. The van der Waals surface area contributed by atoms with E-state index in [9.17, 15) is 4.79 Å². The number of rotatable bonds is 5. The molecule has 1 atom stereocenters. The molecule has 1 unspecified atom stereocenters. The third-order valence-corrected chi connectivity index (χ3v) is 5.20. The summed E-state index contributed by atoms with van der Waals surface area (Å²) in [5.74, 6) is 0.517. The van der Waals surface area contributed by atoms with Crippen molar-refractivity contribution in [2.24, 2.45) is 0 Å². The van der Waals surface area contributed by atoms with Gasteiger partial charge in [-0.2, -0.15) is 0 Å². The summed E-state index contributed by atoms with van der Waals surface area (Å²) in [6, 6.07) is 26.3. The molecule has 0 amide bonds. The Hall–Kier alpha value is -3.13. The Kier molecular flexibility index (Phi) is 4.64. The molecule has 1 aliphatic heterocycles. The van der Waals surface area contributed by atoms with Crippen LogP contribution < -0.4 is 4.74 Å². The molecule has 1 heterocycles. The Labute approximate surface area is 160 Å². The summed E-state index contributed by atoms with van der Waals surface area (Å²) >= 11 is 0. The molecular weight excluding hydrogens is 332 g/mol. The normalized spacial score (nSPS) is 18.5. The second kappa shape index (κ2) is 7.24. The summed E-state index contributed by atoms with van der Waals surface area (Å²) in [6.45, 7) is 2.08. The summed E-state index contributed by atoms with van der Waals surface area (Å²) in [5, 5.41) is 0. The molecule has 0 saturated heterocycles. The summed E-state index contributed by atoms with van der Waals surface area (Å²) in [4.78, 5) is 13.0. The number of allylic oxidation sites excluding steroid dienone is 1. The molecule has 2 heteroatoms. The molecule has 2 nitrogen and oxygen atoms in total. The molecule has 0 saturated carbocycles. The van der Waals surface area contributed by atoms with Gasteiger partial charge in [0, 0.05) is 5.56 Å². The summed E-state index contributed by atoms with van der Waals surface area (Å²) in [6.07, 6.45) is 5.41. The molecule has 4 rings (SSSR count). The smallest absolute Gasteiger partial charge is 0.322 e. The number of benzene rings is 3. The van der Waals surface area contributed by atoms with Gasteiger partial charge in [0.25, 0.3) is 0 Å². The van der Waals surface area contributed by atoms with E-state index in [-0.39, 0.29) is 5.97 Å². The van der Waals surface area contributed by atoms with E-state index in [1.807, 2.05) is 42.5 Å². The second-order valence-corrected chi connectivity index (χ2v) is 7.15. The van der Waals surface area contributed by atoms with Crippen molar-refractivity contribution in [1.82, 2.24) is 0 Å². The van der Waals surface area contributed by atoms with E-state index in [2.05, 4.69) is 55.5 Å². The van der Waals surface area contributed by atoms with Crippen LogP contribution in [0.25, 0.3) is 6.08 Å².